The second-order valence-electron chi connectivity index (χ2n) is 8.40. The molecule has 0 bridgehead atoms. The fourth-order valence-electron chi connectivity index (χ4n) is 4.35. The lowest BCUT2D eigenvalue weighted by molar-refractivity contribution is -0.136. The second-order valence-corrected chi connectivity index (χ2v) is 8.40. The Kier molecular flexibility index (Phi) is 6.26. The van der Waals surface area contributed by atoms with Crippen molar-refractivity contribution >= 4 is 11.8 Å². The Bertz CT molecular complexity index is 1100. The minimum Gasteiger partial charge on any atom is -0.310 e. The van der Waals surface area contributed by atoms with Crippen LogP contribution < -0.4 is 0 Å². The lowest BCUT2D eigenvalue weighted by Gasteiger charge is -2.33. The van der Waals surface area contributed by atoms with Crippen LogP contribution in [0, 0.1) is 11.7 Å². The second kappa shape index (κ2) is 9.10. The van der Waals surface area contributed by atoms with Crippen LogP contribution in [0.25, 0.3) is 11.1 Å². The maximum absolute atomic E-state index is 15.0. The van der Waals surface area contributed by atoms with Gasteiger partial charge in [0.15, 0.2) is 0 Å². The number of halogens is 1. The molecule has 0 spiro atoms. The topological polar surface area (TPSA) is 58.4 Å². The summed E-state index contributed by atoms with van der Waals surface area (Å²) in [6, 6.07) is 5.04. The molecule has 0 atom stereocenters. The summed E-state index contributed by atoms with van der Waals surface area (Å²) >= 11 is 0. The number of aromatic nitrogens is 2. The van der Waals surface area contributed by atoms with E-state index in [-0.39, 0.29) is 36.5 Å². The van der Waals surface area contributed by atoms with Crippen LogP contribution in [0.1, 0.15) is 45.1 Å². The summed E-state index contributed by atoms with van der Waals surface area (Å²) in [5.41, 5.74) is 3.37. The number of carbonyl (C=O) groups excluding carboxylic acids is 2. The number of nitrogens with zero attached hydrogens (tertiary/aromatic N) is 4. The van der Waals surface area contributed by atoms with Crippen LogP contribution in [-0.4, -0.2) is 37.9 Å². The van der Waals surface area contributed by atoms with E-state index in [4.69, 9.17) is 0 Å². The average Bonchev–Trinajstić information content (AvgIpc) is 3.12. The molecule has 0 unspecified atom stereocenters. The van der Waals surface area contributed by atoms with Crippen LogP contribution in [0.15, 0.2) is 54.1 Å². The van der Waals surface area contributed by atoms with Crippen molar-refractivity contribution in [2.75, 3.05) is 6.54 Å². The lowest BCUT2D eigenvalue weighted by Crippen LogP contribution is -2.39. The fourth-order valence-corrected chi connectivity index (χ4v) is 4.35. The van der Waals surface area contributed by atoms with Crippen LogP contribution in [0.4, 0.5) is 4.39 Å². The van der Waals surface area contributed by atoms with E-state index in [0.717, 1.165) is 36.1 Å². The van der Waals surface area contributed by atoms with Crippen LogP contribution in [0.2, 0.25) is 0 Å². The summed E-state index contributed by atoms with van der Waals surface area (Å²) < 4.78 is 16.7. The molecule has 2 fully saturated rings. The number of rotatable bonds is 4. The SMILES string of the molecule is CC=C1C(=CC)N(C(=O)C2CCC2)CCC(=O)N1Cc1ccc(-c2cnn(C)c2)cc1F. The van der Waals surface area contributed by atoms with Gasteiger partial charge in [0.1, 0.15) is 5.82 Å². The molecular weight excluding hydrogens is 407 g/mol. The predicted octanol–water partition coefficient (Wildman–Crippen LogP) is 4.39. The maximum atomic E-state index is 15.0. The van der Waals surface area contributed by atoms with Gasteiger partial charge in [0, 0.05) is 43.3 Å². The molecule has 4 rings (SSSR count). The maximum Gasteiger partial charge on any atom is 0.230 e. The van der Waals surface area contributed by atoms with Gasteiger partial charge in [-0.1, -0.05) is 30.7 Å². The van der Waals surface area contributed by atoms with E-state index >= 15 is 4.39 Å². The first-order chi connectivity index (χ1) is 15.4. The van der Waals surface area contributed by atoms with E-state index in [9.17, 15) is 9.59 Å². The average molecular weight is 437 g/mol. The number of aryl methyl sites for hydroxylation is 1. The Balaban J connectivity index is 1.61. The Labute approximate surface area is 188 Å². The van der Waals surface area contributed by atoms with E-state index in [0.29, 0.717) is 17.8 Å². The third-order valence-corrected chi connectivity index (χ3v) is 6.38. The quantitative estimate of drug-likeness (QED) is 0.714. The van der Waals surface area contributed by atoms with Crippen molar-refractivity contribution in [2.45, 2.75) is 46.1 Å². The molecule has 1 saturated heterocycles. The van der Waals surface area contributed by atoms with Crippen LogP contribution in [0.3, 0.4) is 0 Å². The van der Waals surface area contributed by atoms with Crippen molar-refractivity contribution < 1.29 is 14.0 Å². The zero-order valence-corrected chi connectivity index (χ0v) is 18.8. The van der Waals surface area contributed by atoms with Gasteiger partial charge in [-0.3, -0.25) is 14.3 Å². The van der Waals surface area contributed by atoms with Crippen molar-refractivity contribution in [1.29, 1.82) is 0 Å². The zero-order valence-electron chi connectivity index (χ0n) is 18.8. The minimum atomic E-state index is -0.372. The molecule has 1 aliphatic heterocycles. The number of carbonyl (C=O) groups is 2. The van der Waals surface area contributed by atoms with Crippen molar-refractivity contribution in [1.82, 2.24) is 19.6 Å². The third kappa shape index (κ3) is 4.11. The van der Waals surface area contributed by atoms with E-state index < -0.39 is 0 Å². The minimum absolute atomic E-state index is 0.0437. The molecule has 0 N–H and O–H groups in total. The highest BCUT2D eigenvalue weighted by molar-refractivity contribution is 5.86. The normalized spacial score (nSPS) is 20.1. The molecule has 1 aliphatic carbocycles. The number of hydrogen-bond acceptors (Lipinski definition) is 3. The molecule has 1 aromatic heterocycles. The van der Waals surface area contributed by atoms with Crippen molar-refractivity contribution in [3.8, 4) is 11.1 Å². The Morgan fingerprint density at radius 1 is 1.19 bits per heavy atom. The molecule has 2 aromatic rings. The summed E-state index contributed by atoms with van der Waals surface area (Å²) in [5, 5.41) is 4.14. The molecule has 168 valence electrons. The smallest absolute Gasteiger partial charge is 0.230 e. The molecule has 2 aliphatic rings. The zero-order chi connectivity index (χ0) is 22.8. The first-order valence-corrected chi connectivity index (χ1v) is 11.1. The summed E-state index contributed by atoms with van der Waals surface area (Å²) in [5.74, 6) is -0.354. The highest BCUT2D eigenvalue weighted by Crippen LogP contribution is 2.34. The summed E-state index contributed by atoms with van der Waals surface area (Å²) in [7, 11) is 1.82. The molecule has 1 saturated carbocycles. The number of benzene rings is 1. The summed E-state index contributed by atoms with van der Waals surface area (Å²) in [6.07, 6.45) is 10.3. The number of allylic oxidation sites excluding steroid dienone is 2. The van der Waals surface area contributed by atoms with Crippen molar-refractivity contribution in [3.05, 3.63) is 65.5 Å². The van der Waals surface area contributed by atoms with Crippen molar-refractivity contribution in [2.24, 2.45) is 13.0 Å². The Hall–Kier alpha value is -3.22. The summed E-state index contributed by atoms with van der Waals surface area (Å²) in [6.45, 7) is 4.18. The highest BCUT2D eigenvalue weighted by Gasteiger charge is 2.36. The van der Waals surface area contributed by atoms with Crippen molar-refractivity contribution in [3.63, 3.8) is 0 Å². The fraction of sp³-hybridized carbons (Fsp3) is 0.400. The lowest BCUT2D eigenvalue weighted by atomic mass is 9.84. The van der Waals surface area contributed by atoms with Gasteiger partial charge in [0.05, 0.1) is 24.1 Å². The van der Waals surface area contributed by atoms with E-state index in [1.54, 1.807) is 26.7 Å². The van der Waals surface area contributed by atoms with Gasteiger partial charge in [0.25, 0.3) is 0 Å². The van der Waals surface area contributed by atoms with E-state index in [1.165, 1.54) is 6.07 Å². The standard InChI is InChI=1S/C25H29FN4O2/c1-4-22-23(5-2)30(24(31)11-12-29(22)25(32)17-7-6-8-17)16-19-10-9-18(13-21(19)26)20-14-27-28(3)15-20/h4-5,9-10,13-15,17H,6-8,11-12,16H2,1-3H3. The molecule has 1 aromatic carbocycles. The molecule has 6 nitrogen and oxygen atoms in total. The van der Waals surface area contributed by atoms with Gasteiger partial charge in [-0.05, 0) is 38.3 Å². The number of hydrogen-bond donors (Lipinski definition) is 0. The van der Waals surface area contributed by atoms with Gasteiger partial charge >= 0.3 is 0 Å². The van der Waals surface area contributed by atoms with E-state index in [1.807, 2.05) is 45.3 Å². The predicted molar refractivity (Wildman–Crippen MR) is 120 cm³/mol. The van der Waals surface area contributed by atoms with Gasteiger partial charge in [-0.2, -0.15) is 5.10 Å². The number of amides is 2. The first kappa shape index (κ1) is 22.0. The Morgan fingerprint density at radius 3 is 2.50 bits per heavy atom. The molecule has 32 heavy (non-hydrogen) atoms. The third-order valence-electron chi connectivity index (χ3n) is 6.38. The molecule has 2 heterocycles. The molecular formula is C25H29FN4O2. The van der Waals surface area contributed by atoms with Gasteiger partial charge in [-0.15, -0.1) is 0 Å². The van der Waals surface area contributed by atoms with Crippen LogP contribution in [-0.2, 0) is 23.2 Å². The largest absolute Gasteiger partial charge is 0.310 e. The Morgan fingerprint density at radius 2 is 1.94 bits per heavy atom. The van der Waals surface area contributed by atoms with Gasteiger partial charge in [-0.25, -0.2) is 4.39 Å². The highest BCUT2D eigenvalue weighted by atomic mass is 19.1. The van der Waals surface area contributed by atoms with E-state index in [2.05, 4.69) is 5.10 Å². The molecule has 7 heteroatoms. The summed E-state index contributed by atoms with van der Waals surface area (Å²) in [4.78, 5) is 29.4. The monoisotopic (exact) mass is 436 g/mol. The van der Waals surface area contributed by atoms with Crippen LogP contribution in [0.5, 0.6) is 0 Å². The molecule has 0 radical (unpaired) electrons. The molecule has 2 amide bonds. The first-order valence-electron chi connectivity index (χ1n) is 11.1. The van der Waals surface area contributed by atoms with Crippen LogP contribution >= 0.6 is 0 Å². The van der Waals surface area contributed by atoms with Gasteiger partial charge in [0.2, 0.25) is 11.8 Å². The van der Waals surface area contributed by atoms with Gasteiger partial charge < -0.3 is 9.80 Å².